The van der Waals surface area contributed by atoms with Crippen molar-refractivity contribution in [1.82, 2.24) is 0 Å². The Balaban J connectivity index is 2.05. The lowest BCUT2D eigenvalue weighted by Crippen LogP contribution is -2.15. The van der Waals surface area contributed by atoms with Crippen LogP contribution in [-0.4, -0.2) is 17.0 Å². The Morgan fingerprint density at radius 1 is 0.950 bits per heavy atom. The van der Waals surface area contributed by atoms with Gasteiger partial charge in [-0.1, -0.05) is 51.9 Å². The fraction of sp³-hybridized carbons (Fsp3) is 0.944. The SMILES string of the molecule is CCCCCCCCC(=O)CC1CCCC(O)CCC1. The van der Waals surface area contributed by atoms with Crippen LogP contribution in [0.25, 0.3) is 0 Å². The van der Waals surface area contributed by atoms with Crippen LogP contribution in [0.2, 0.25) is 0 Å². The summed E-state index contributed by atoms with van der Waals surface area (Å²) in [5.41, 5.74) is 0. The highest BCUT2D eigenvalue weighted by atomic mass is 16.3. The first kappa shape index (κ1) is 17.7. The van der Waals surface area contributed by atoms with Crippen LogP contribution in [0.15, 0.2) is 0 Å². The number of carbonyl (C=O) groups excluding carboxylic acids is 1. The van der Waals surface area contributed by atoms with E-state index in [1.807, 2.05) is 0 Å². The summed E-state index contributed by atoms with van der Waals surface area (Å²) in [6, 6.07) is 0. The molecule has 1 aliphatic carbocycles. The van der Waals surface area contributed by atoms with Gasteiger partial charge in [-0.05, 0) is 38.0 Å². The summed E-state index contributed by atoms with van der Waals surface area (Å²) in [5.74, 6) is 1.07. The molecule has 1 aliphatic rings. The lowest BCUT2D eigenvalue weighted by atomic mass is 9.86. The molecule has 0 atom stereocenters. The Bertz CT molecular complexity index is 240. The van der Waals surface area contributed by atoms with Crippen LogP contribution >= 0.6 is 0 Å². The lowest BCUT2D eigenvalue weighted by molar-refractivity contribution is -0.120. The van der Waals surface area contributed by atoms with Crippen LogP contribution in [0.1, 0.15) is 96.8 Å². The molecule has 1 fully saturated rings. The second kappa shape index (κ2) is 11.3. The van der Waals surface area contributed by atoms with Gasteiger partial charge in [0.15, 0.2) is 0 Å². The highest BCUT2D eigenvalue weighted by Gasteiger charge is 2.17. The van der Waals surface area contributed by atoms with E-state index in [-0.39, 0.29) is 6.10 Å². The first-order valence-corrected chi connectivity index (χ1v) is 8.92. The Kier molecular flexibility index (Phi) is 10.00. The average Bonchev–Trinajstić information content (AvgIpc) is 2.40. The lowest BCUT2D eigenvalue weighted by Gasteiger charge is -2.21. The smallest absolute Gasteiger partial charge is 0.133 e. The number of ketones is 1. The molecule has 0 saturated heterocycles. The van der Waals surface area contributed by atoms with Crippen LogP contribution in [-0.2, 0) is 4.79 Å². The number of hydrogen-bond acceptors (Lipinski definition) is 2. The Morgan fingerprint density at radius 2 is 1.55 bits per heavy atom. The standard InChI is InChI=1S/C18H34O2/c1-2-3-4-5-6-7-12-18(20)15-16-10-8-13-17(19)14-9-11-16/h16-17,19H,2-15H2,1H3. The summed E-state index contributed by atoms with van der Waals surface area (Å²) in [7, 11) is 0. The van der Waals surface area contributed by atoms with E-state index in [0.29, 0.717) is 11.7 Å². The van der Waals surface area contributed by atoms with Gasteiger partial charge in [0.2, 0.25) is 0 Å². The van der Waals surface area contributed by atoms with E-state index in [2.05, 4.69) is 6.92 Å². The third-order valence-electron chi connectivity index (χ3n) is 4.62. The highest BCUT2D eigenvalue weighted by molar-refractivity contribution is 5.78. The van der Waals surface area contributed by atoms with E-state index in [1.54, 1.807) is 0 Å². The molecular formula is C18H34O2. The van der Waals surface area contributed by atoms with Crippen molar-refractivity contribution in [2.24, 2.45) is 5.92 Å². The van der Waals surface area contributed by atoms with Gasteiger partial charge in [0.25, 0.3) is 0 Å². The average molecular weight is 282 g/mol. The van der Waals surface area contributed by atoms with Crippen molar-refractivity contribution in [2.75, 3.05) is 0 Å². The quantitative estimate of drug-likeness (QED) is 0.602. The molecule has 1 saturated carbocycles. The summed E-state index contributed by atoms with van der Waals surface area (Å²) < 4.78 is 0. The van der Waals surface area contributed by atoms with E-state index in [4.69, 9.17) is 0 Å². The predicted octanol–water partition coefficient (Wildman–Crippen LogP) is 5.03. The van der Waals surface area contributed by atoms with Crippen LogP contribution in [0.4, 0.5) is 0 Å². The molecule has 0 radical (unpaired) electrons. The molecule has 20 heavy (non-hydrogen) atoms. The molecule has 118 valence electrons. The van der Waals surface area contributed by atoms with Crippen molar-refractivity contribution < 1.29 is 9.90 Å². The number of carbonyl (C=O) groups is 1. The topological polar surface area (TPSA) is 37.3 Å². The van der Waals surface area contributed by atoms with Gasteiger partial charge in [0, 0.05) is 12.8 Å². The predicted molar refractivity (Wildman–Crippen MR) is 84.8 cm³/mol. The fourth-order valence-electron chi connectivity index (χ4n) is 3.30. The van der Waals surface area contributed by atoms with Gasteiger partial charge in [-0.3, -0.25) is 4.79 Å². The highest BCUT2D eigenvalue weighted by Crippen LogP contribution is 2.26. The minimum atomic E-state index is -0.0882. The Morgan fingerprint density at radius 3 is 2.20 bits per heavy atom. The Hall–Kier alpha value is -0.370. The molecule has 0 spiro atoms. The van der Waals surface area contributed by atoms with Gasteiger partial charge >= 0.3 is 0 Å². The van der Waals surface area contributed by atoms with Gasteiger partial charge in [-0.25, -0.2) is 0 Å². The van der Waals surface area contributed by atoms with Crippen molar-refractivity contribution in [3.05, 3.63) is 0 Å². The Labute approximate surface area is 125 Å². The van der Waals surface area contributed by atoms with E-state index in [1.165, 1.54) is 32.1 Å². The number of hydrogen-bond donors (Lipinski definition) is 1. The summed E-state index contributed by atoms with van der Waals surface area (Å²) >= 11 is 0. The molecule has 0 unspecified atom stereocenters. The van der Waals surface area contributed by atoms with Gasteiger partial charge in [0.05, 0.1) is 6.10 Å². The van der Waals surface area contributed by atoms with Gasteiger partial charge in [-0.2, -0.15) is 0 Å². The fourth-order valence-corrected chi connectivity index (χ4v) is 3.30. The number of Topliss-reactive ketones (excluding diaryl/α,β-unsaturated/α-hetero) is 1. The van der Waals surface area contributed by atoms with Crippen molar-refractivity contribution >= 4 is 5.78 Å². The summed E-state index contributed by atoms with van der Waals surface area (Å²) in [4.78, 5) is 12.0. The zero-order valence-corrected chi connectivity index (χ0v) is 13.4. The van der Waals surface area contributed by atoms with E-state index >= 15 is 0 Å². The van der Waals surface area contributed by atoms with Crippen LogP contribution in [0.3, 0.4) is 0 Å². The van der Waals surface area contributed by atoms with Crippen molar-refractivity contribution in [2.45, 2.75) is 103 Å². The molecule has 0 aromatic heterocycles. The molecule has 2 nitrogen and oxygen atoms in total. The largest absolute Gasteiger partial charge is 0.393 e. The maximum atomic E-state index is 12.0. The normalized spacial score (nSPS) is 24.1. The number of rotatable bonds is 9. The van der Waals surface area contributed by atoms with E-state index in [9.17, 15) is 9.90 Å². The van der Waals surface area contributed by atoms with Crippen LogP contribution in [0, 0.1) is 5.92 Å². The number of unbranched alkanes of at least 4 members (excludes halogenated alkanes) is 5. The van der Waals surface area contributed by atoms with Gasteiger partial charge < -0.3 is 5.11 Å². The van der Waals surface area contributed by atoms with Gasteiger partial charge in [-0.15, -0.1) is 0 Å². The van der Waals surface area contributed by atoms with Crippen LogP contribution < -0.4 is 0 Å². The molecule has 0 aromatic rings. The first-order valence-electron chi connectivity index (χ1n) is 8.92. The monoisotopic (exact) mass is 282 g/mol. The third kappa shape index (κ3) is 8.73. The molecule has 0 heterocycles. The zero-order valence-electron chi connectivity index (χ0n) is 13.4. The van der Waals surface area contributed by atoms with Gasteiger partial charge in [0.1, 0.15) is 5.78 Å². The van der Waals surface area contributed by atoms with E-state index in [0.717, 1.165) is 57.8 Å². The summed E-state index contributed by atoms with van der Waals surface area (Å²) in [6.45, 7) is 2.23. The molecular weight excluding hydrogens is 248 g/mol. The van der Waals surface area contributed by atoms with Crippen LogP contribution in [0.5, 0.6) is 0 Å². The minimum absolute atomic E-state index is 0.0882. The maximum Gasteiger partial charge on any atom is 0.133 e. The molecule has 0 amide bonds. The second-order valence-corrected chi connectivity index (χ2v) is 6.64. The second-order valence-electron chi connectivity index (χ2n) is 6.64. The summed E-state index contributed by atoms with van der Waals surface area (Å²) in [5, 5.41) is 9.62. The molecule has 0 bridgehead atoms. The third-order valence-corrected chi connectivity index (χ3v) is 4.62. The van der Waals surface area contributed by atoms with Crippen molar-refractivity contribution in [3.63, 3.8) is 0 Å². The van der Waals surface area contributed by atoms with Crippen molar-refractivity contribution in [3.8, 4) is 0 Å². The number of aliphatic hydroxyl groups is 1. The van der Waals surface area contributed by atoms with Crippen molar-refractivity contribution in [1.29, 1.82) is 0 Å². The molecule has 0 aromatic carbocycles. The zero-order chi connectivity index (χ0) is 14.6. The summed E-state index contributed by atoms with van der Waals surface area (Å²) in [6.07, 6.45) is 15.4. The molecule has 1 N–H and O–H groups in total. The first-order chi connectivity index (χ1) is 9.72. The number of aliphatic hydroxyl groups excluding tert-OH is 1. The minimum Gasteiger partial charge on any atom is -0.393 e. The molecule has 0 aliphatic heterocycles. The van der Waals surface area contributed by atoms with E-state index < -0.39 is 0 Å². The molecule has 1 rings (SSSR count). The maximum absolute atomic E-state index is 12.0. The molecule has 2 heteroatoms.